The zero-order valence-electron chi connectivity index (χ0n) is 18.3. The van der Waals surface area contributed by atoms with Gasteiger partial charge in [0, 0.05) is 16.9 Å². The van der Waals surface area contributed by atoms with Gasteiger partial charge in [-0.15, -0.1) is 10.2 Å². The molecule has 2 N–H and O–H groups in total. The molecular weight excluding hydrogens is 450 g/mol. The van der Waals surface area contributed by atoms with Gasteiger partial charge in [-0.25, -0.2) is 0 Å². The first-order valence-corrected chi connectivity index (χ1v) is 11.7. The summed E-state index contributed by atoms with van der Waals surface area (Å²) in [4.78, 5) is 24.5. The molecule has 0 aliphatic carbocycles. The van der Waals surface area contributed by atoms with Crippen LogP contribution in [0.25, 0.3) is 17.1 Å². The van der Waals surface area contributed by atoms with Gasteiger partial charge in [-0.1, -0.05) is 60.3 Å². The summed E-state index contributed by atoms with van der Waals surface area (Å²) in [5.74, 6) is 0.987. The number of hydrogen-bond donors (Lipinski definition) is 2. The average molecular weight is 472 g/mol. The van der Waals surface area contributed by atoms with E-state index in [0.717, 1.165) is 11.3 Å². The van der Waals surface area contributed by atoms with E-state index in [1.54, 1.807) is 25.1 Å². The topological polar surface area (TPSA) is 98.1 Å². The zero-order valence-corrected chi connectivity index (χ0v) is 19.1. The van der Waals surface area contributed by atoms with E-state index in [2.05, 4.69) is 20.8 Å². The van der Waals surface area contributed by atoms with E-state index in [1.807, 2.05) is 65.2 Å². The first-order valence-electron chi connectivity index (χ1n) is 10.7. The number of para-hydroxylation sites is 1. The molecule has 1 aliphatic rings. The molecular formula is C25H21N5O3S. The van der Waals surface area contributed by atoms with Gasteiger partial charge in [0.1, 0.15) is 5.75 Å². The predicted octanol–water partition coefficient (Wildman–Crippen LogP) is 4.38. The van der Waals surface area contributed by atoms with E-state index in [-0.39, 0.29) is 17.6 Å². The highest BCUT2D eigenvalue weighted by atomic mass is 32.2. The molecule has 1 unspecified atom stereocenters. The van der Waals surface area contributed by atoms with Gasteiger partial charge >= 0.3 is 0 Å². The van der Waals surface area contributed by atoms with Crippen LogP contribution in [0.5, 0.6) is 5.75 Å². The highest BCUT2D eigenvalue weighted by molar-refractivity contribution is 7.99. The Morgan fingerprint density at radius 3 is 2.56 bits per heavy atom. The number of aromatic nitrogens is 3. The van der Waals surface area contributed by atoms with Crippen LogP contribution < -0.4 is 15.4 Å². The molecule has 0 bridgehead atoms. The fourth-order valence-corrected chi connectivity index (χ4v) is 4.31. The molecule has 1 aromatic heterocycles. The van der Waals surface area contributed by atoms with Crippen LogP contribution in [0.2, 0.25) is 0 Å². The van der Waals surface area contributed by atoms with Crippen molar-refractivity contribution in [2.45, 2.75) is 18.2 Å². The lowest BCUT2D eigenvalue weighted by molar-refractivity contribution is -0.122. The number of rotatable bonds is 6. The number of anilines is 2. The largest absolute Gasteiger partial charge is 0.479 e. The molecule has 3 aromatic carbocycles. The summed E-state index contributed by atoms with van der Waals surface area (Å²) in [5.41, 5.74) is 2.94. The Labute approximate surface area is 200 Å². The highest BCUT2D eigenvalue weighted by Gasteiger charge is 2.24. The molecule has 9 heteroatoms. The van der Waals surface area contributed by atoms with E-state index in [1.165, 1.54) is 11.8 Å². The molecule has 1 aliphatic heterocycles. The van der Waals surface area contributed by atoms with Gasteiger partial charge in [-0.05, 0) is 37.3 Å². The lowest BCUT2D eigenvalue weighted by atomic mass is 10.2. The van der Waals surface area contributed by atoms with Crippen LogP contribution in [-0.2, 0) is 9.59 Å². The van der Waals surface area contributed by atoms with Crippen molar-refractivity contribution in [3.8, 4) is 22.8 Å². The molecule has 1 atom stereocenters. The van der Waals surface area contributed by atoms with Gasteiger partial charge < -0.3 is 15.4 Å². The van der Waals surface area contributed by atoms with Crippen molar-refractivity contribution >= 4 is 35.0 Å². The van der Waals surface area contributed by atoms with Gasteiger partial charge in [0.15, 0.2) is 17.1 Å². The maximum absolute atomic E-state index is 12.7. The zero-order chi connectivity index (χ0) is 23.5. The summed E-state index contributed by atoms with van der Waals surface area (Å²) in [7, 11) is 0. The fraction of sp³-hybridized carbons (Fsp3) is 0.120. The Bertz CT molecular complexity index is 1340. The molecule has 0 radical (unpaired) electrons. The number of carbonyl (C=O) groups excluding carboxylic acids is 2. The first kappa shape index (κ1) is 21.7. The maximum atomic E-state index is 12.7. The summed E-state index contributed by atoms with van der Waals surface area (Å²) in [6.45, 7) is 1.68. The van der Waals surface area contributed by atoms with Crippen molar-refractivity contribution in [3.05, 3.63) is 78.9 Å². The Morgan fingerprint density at radius 1 is 1.06 bits per heavy atom. The second kappa shape index (κ2) is 9.40. The third kappa shape index (κ3) is 4.51. The Balaban J connectivity index is 1.33. The van der Waals surface area contributed by atoms with Crippen LogP contribution >= 0.6 is 11.8 Å². The third-order valence-corrected chi connectivity index (χ3v) is 6.14. The molecule has 2 amide bonds. The monoisotopic (exact) mass is 471 g/mol. The predicted molar refractivity (Wildman–Crippen MR) is 131 cm³/mol. The Kier molecular flexibility index (Phi) is 6.01. The van der Waals surface area contributed by atoms with Gasteiger partial charge in [0.05, 0.1) is 11.4 Å². The van der Waals surface area contributed by atoms with Crippen LogP contribution in [0.4, 0.5) is 11.4 Å². The third-order valence-electron chi connectivity index (χ3n) is 5.21. The molecule has 0 saturated heterocycles. The van der Waals surface area contributed by atoms with Crippen molar-refractivity contribution in [2.24, 2.45) is 0 Å². The number of nitrogens with one attached hydrogen (secondary N) is 2. The minimum absolute atomic E-state index is 0.136. The minimum atomic E-state index is -0.549. The summed E-state index contributed by atoms with van der Waals surface area (Å²) in [5, 5.41) is 15.0. The minimum Gasteiger partial charge on any atom is -0.479 e. The SMILES string of the molecule is CC1Oc2ccc(NC(=O)CSc3nnc(-c4ccccc4)n3-c3ccccc3)cc2NC1=O. The smallest absolute Gasteiger partial charge is 0.265 e. The first-order chi connectivity index (χ1) is 16.6. The molecule has 8 nitrogen and oxygen atoms in total. The number of thioether (sulfide) groups is 1. The lowest BCUT2D eigenvalue weighted by Crippen LogP contribution is -2.34. The number of amides is 2. The summed E-state index contributed by atoms with van der Waals surface area (Å²) < 4.78 is 7.50. The van der Waals surface area contributed by atoms with E-state index in [0.29, 0.717) is 28.1 Å². The normalized spacial score (nSPS) is 14.6. The summed E-state index contributed by atoms with van der Waals surface area (Å²) in [6, 6.07) is 24.8. The molecule has 0 saturated carbocycles. The average Bonchev–Trinajstić information content (AvgIpc) is 3.29. The quantitative estimate of drug-likeness (QED) is 0.405. The number of ether oxygens (including phenoxy) is 1. The van der Waals surface area contributed by atoms with Gasteiger partial charge in [-0.3, -0.25) is 14.2 Å². The van der Waals surface area contributed by atoms with Gasteiger partial charge in [0.25, 0.3) is 5.91 Å². The van der Waals surface area contributed by atoms with Crippen molar-refractivity contribution in [1.29, 1.82) is 0 Å². The number of hydrogen-bond acceptors (Lipinski definition) is 6. The van der Waals surface area contributed by atoms with Crippen molar-refractivity contribution in [3.63, 3.8) is 0 Å². The summed E-state index contributed by atoms with van der Waals surface area (Å²) in [6.07, 6.45) is -0.549. The van der Waals surface area contributed by atoms with E-state index in [4.69, 9.17) is 4.74 Å². The standard InChI is InChI=1S/C25H21N5O3S/c1-16-24(32)27-20-14-18(12-13-21(20)33-16)26-22(31)15-34-25-29-28-23(17-8-4-2-5-9-17)30(25)19-10-6-3-7-11-19/h2-14,16H,15H2,1H3,(H,26,31)(H,27,32). The van der Waals surface area contributed by atoms with Crippen LogP contribution in [0.15, 0.2) is 84.0 Å². The fourth-order valence-electron chi connectivity index (χ4n) is 3.56. The molecule has 0 fully saturated rings. The molecule has 170 valence electrons. The molecule has 5 rings (SSSR count). The molecule has 0 spiro atoms. The van der Waals surface area contributed by atoms with Gasteiger partial charge in [0.2, 0.25) is 5.91 Å². The maximum Gasteiger partial charge on any atom is 0.265 e. The van der Waals surface area contributed by atoms with Crippen molar-refractivity contribution in [1.82, 2.24) is 14.8 Å². The van der Waals surface area contributed by atoms with Crippen molar-refractivity contribution in [2.75, 3.05) is 16.4 Å². The Hall–Kier alpha value is -4.11. The number of benzene rings is 3. The summed E-state index contributed by atoms with van der Waals surface area (Å²) >= 11 is 1.30. The van der Waals surface area contributed by atoms with E-state index in [9.17, 15) is 9.59 Å². The van der Waals surface area contributed by atoms with Crippen LogP contribution in [0.3, 0.4) is 0 Å². The van der Waals surface area contributed by atoms with Crippen LogP contribution in [0, 0.1) is 0 Å². The number of carbonyl (C=O) groups is 2. The van der Waals surface area contributed by atoms with E-state index >= 15 is 0 Å². The van der Waals surface area contributed by atoms with Crippen molar-refractivity contribution < 1.29 is 14.3 Å². The number of fused-ring (bicyclic) bond motifs is 1. The van der Waals surface area contributed by atoms with Crippen LogP contribution in [-0.4, -0.2) is 38.4 Å². The van der Waals surface area contributed by atoms with Gasteiger partial charge in [-0.2, -0.15) is 0 Å². The molecule has 4 aromatic rings. The highest BCUT2D eigenvalue weighted by Crippen LogP contribution is 2.32. The molecule has 34 heavy (non-hydrogen) atoms. The Morgan fingerprint density at radius 2 is 1.79 bits per heavy atom. The second-order valence-corrected chi connectivity index (χ2v) is 8.58. The lowest BCUT2D eigenvalue weighted by Gasteiger charge is -2.23. The van der Waals surface area contributed by atoms with Crippen LogP contribution in [0.1, 0.15) is 6.92 Å². The second-order valence-electron chi connectivity index (χ2n) is 7.64. The number of nitrogens with zero attached hydrogens (tertiary/aromatic N) is 3. The van der Waals surface area contributed by atoms with E-state index < -0.39 is 6.10 Å². The molecule has 2 heterocycles.